The Balaban J connectivity index is 1.28. The molecule has 0 atom stereocenters. The van der Waals surface area contributed by atoms with Gasteiger partial charge in [0.15, 0.2) is 0 Å². The first kappa shape index (κ1) is 22.5. The summed E-state index contributed by atoms with van der Waals surface area (Å²) in [5, 5.41) is 4.24. The third-order valence-electron chi connectivity index (χ3n) is 6.88. The van der Waals surface area contributed by atoms with Crippen molar-refractivity contribution in [2.75, 3.05) is 31.6 Å². The molecule has 4 heterocycles. The number of aryl methyl sites for hydroxylation is 1. The summed E-state index contributed by atoms with van der Waals surface area (Å²) in [5.74, 6) is 1.16. The fourth-order valence-corrected chi connectivity index (χ4v) is 5.77. The molecule has 1 aliphatic heterocycles. The molecule has 0 amide bonds. The zero-order valence-corrected chi connectivity index (χ0v) is 20.7. The molecule has 1 aliphatic carbocycles. The van der Waals surface area contributed by atoms with E-state index >= 15 is 0 Å². The highest BCUT2D eigenvalue weighted by Crippen LogP contribution is 2.33. The third kappa shape index (κ3) is 4.89. The van der Waals surface area contributed by atoms with Crippen LogP contribution in [0, 0.1) is 6.92 Å². The van der Waals surface area contributed by atoms with Crippen LogP contribution in [-0.2, 0) is 4.74 Å². The predicted molar refractivity (Wildman–Crippen MR) is 138 cm³/mol. The van der Waals surface area contributed by atoms with Crippen molar-refractivity contribution in [3.05, 3.63) is 54.4 Å². The quantitative estimate of drug-likeness (QED) is 0.410. The van der Waals surface area contributed by atoms with Crippen molar-refractivity contribution in [1.29, 1.82) is 0 Å². The minimum Gasteiger partial charge on any atom is -0.473 e. The largest absolute Gasteiger partial charge is 0.473 e. The SMILES string of the molecule is Cc1cc(Nc2nc(O[C@H]3CC[C@H](N4CCOCC4)CC3)c3c(ccn3-c3ccccc3)n2)sn1. The predicted octanol–water partition coefficient (Wildman–Crippen LogP) is 4.95. The molecule has 0 radical (unpaired) electrons. The second-order valence-electron chi connectivity index (χ2n) is 9.26. The van der Waals surface area contributed by atoms with Crippen LogP contribution in [0.25, 0.3) is 16.7 Å². The summed E-state index contributed by atoms with van der Waals surface area (Å²) in [6.45, 7) is 5.76. The maximum Gasteiger partial charge on any atom is 0.244 e. The van der Waals surface area contributed by atoms with Crippen LogP contribution in [-0.4, -0.2) is 62.3 Å². The molecular weight excluding hydrogens is 460 g/mol. The number of nitrogens with one attached hydrogen (secondary N) is 1. The van der Waals surface area contributed by atoms with Gasteiger partial charge in [0.25, 0.3) is 0 Å². The molecule has 35 heavy (non-hydrogen) atoms. The minimum absolute atomic E-state index is 0.142. The molecule has 1 N–H and O–H groups in total. The molecular formula is C26H30N6O2S. The first-order valence-corrected chi connectivity index (χ1v) is 13.1. The zero-order chi connectivity index (χ0) is 23.6. The Hall–Kier alpha value is -3.01. The Bertz CT molecular complexity index is 1280. The molecule has 3 aromatic heterocycles. The van der Waals surface area contributed by atoms with E-state index < -0.39 is 0 Å². The summed E-state index contributed by atoms with van der Waals surface area (Å²) < 4.78 is 18.6. The number of morpholine rings is 1. The normalized spacial score (nSPS) is 21.3. The monoisotopic (exact) mass is 490 g/mol. The van der Waals surface area contributed by atoms with Crippen molar-refractivity contribution in [2.45, 2.75) is 44.8 Å². The van der Waals surface area contributed by atoms with Crippen LogP contribution in [0.15, 0.2) is 48.7 Å². The topological polar surface area (TPSA) is 77.3 Å². The van der Waals surface area contributed by atoms with Gasteiger partial charge in [-0.25, -0.2) is 4.98 Å². The lowest BCUT2D eigenvalue weighted by Crippen LogP contribution is -2.46. The average molecular weight is 491 g/mol. The molecule has 1 aromatic carbocycles. The van der Waals surface area contributed by atoms with Crippen molar-refractivity contribution < 1.29 is 9.47 Å². The summed E-state index contributed by atoms with van der Waals surface area (Å²) in [5.41, 5.74) is 3.79. The van der Waals surface area contributed by atoms with Gasteiger partial charge >= 0.3 is 0 Å². The number of fused-ring (bicyclic) bond motifs is 1. The molecule has 0 bridgehead atoms. The molecule has 2 aliphatic rings. The Morgan fingerprint density at radius 3 is 2.57 bits per heavy atom. The van der Waals surface area contributed by atoms with E-state index in [4.69, 9.17) is 19.4 Å². The highest BCUT2D eigenvalue weighted by atomic mass is 32.1. The van der Waals surface area contributed by atoms with Crippen LogP contribution in [0.3, 0.4) is 0 Å². The Kier molecular flexibility index (Phi) is 6.37. The summed E-state index contributed by atoms with van der Waals surface area (Å²) in [7, 11) is 0. The zero-order valence-electron chi connectivity index (χ0n) is 19.9. The van der Waals surface area contributed by atoms with E-state index in [0.717, 1.165) is 79.4 Å². The number of aromatic nitrogens is 4. The fraction of sp³-hybridized carbons (Fsp3) is 0.423. The van der Waals surface area contributed by atoms with E-state index in [9.17, 15) is 0 Å². The molecule has 9 heteroatoms. The van der Waals surface area contributed by atoms with Gasteiger partial charge < -0.3 is 19.4 Å². The van der Waals surface area contributed by atoms with Gasteiger partial charge in [-0.15, -0.1) is 0 Å². The molecule has 1 saturated carbocycles. The highest BCUT2D eigenvalue weighted by molar-refractivity contribution is 7.10. The lowest BCUT2D eigenvalue weighted by Gasteiger charge is -2.38. The summed E-state index contributed by atoms with van der Waals surface area (Å²) in [6, 6.07) is 14.9. The van der Waals surface area contributed by atoms with E-state index in [-0.39, 0.29) is 6.10 Å². The maximum atomic E-state index is 6.64. The van der Waals surface area contributed by atoms with Gasteiger partial charge in [0.05, 0.1) is 24.4 Å². The smallest absolute Gasteiger partial charge is 0.244 e. The Morgan fingerprint density at radius 2 is 1.83 bits per heavy atom. The van der Waals surface area contributed by atoms with E-state index in [1.807, 2.05) is 43.5 Å². The lowest BCUT2D eigenvalue weighted by molar-refractivity contribution is -0.00127. The lowest BCUT2D eigenvalue weighted by atomic mass is 9.91. The second-order valence-corrected chi connectivity index (χ2v) is 10.1. The molecule has 6 rings (SSSR count). The molecule has 182 valence electrons. The van der Waals surface area contributed by atoms with E-state index in [2.05, 4.69) is 31.3 Å². The molecule has 2 fully saturated rings. The number of nitrogens with zero attached hydrogens (tertiary/aromatic N) is 5. The van der Waals surface area contributed by atoms with Gasteiger partial charge in [0, 0.05) is 31.0 Å². The maximum absolute atomic E-state index is 6.64. The molecule has 8 nitrogen and oxygen atoms in total. The molecule has 0 spiro atoms. The first-order chi connectivity index (χ1) is 17.2. The number of benzene rings is 1. The average Bonchev–Trinajstić information content (AvgIpc) is 3.51. The van der Waals surface area contributed by atoms with Crippen LogP contribution >= 0.6 is 11.5 Å². The van der Waals surface area contributed by atoms with Gasteiger partial charge in [0.2, 0.25) is 11.8 Å². The summed E-state index contributed by atoms with van der Waals surface area (Å²) in [6.07, 6.45) is 6.51. The first-order valence-electron chi connectivity index (χ1n) is 12.4. The van der Waals surface area contributed by atoms with Crippen LogP contribution < -0.4 is 10.1 Å². The van der Waals surface area contributed by atoms with Crippen molar-refractivity contribution in [1.82, 2.24) is 23.8 Å². The Morgan fingerprint density at radius 1 is 1.03 bits per heavy atom. The summed E-state index contributed by atoms with van der Waals surface area (Å²) in [4.78, 5) is 12.2. The van der Waals surface area contributed by atoms with Crippen molar-refractivity contribution in [3.8, 4) is 11.6 Å². The van der Waals surface area contributed by atoms with Gasteiger partial charge in [-0.05, 0) is 68.4 Å². The van der Waals surface area contributed by atoms with Gasteiger partial charge in [-0.1, -0.05) is 18.2 Å². The second kappa shape index (κ2) is 9.93. The van der Waals surface area contributed by atoms with E-state index in [1.165, 1.54) is 11.5 Å². The van der Waals surface area contributed by atoms with E-state index in [0.29, 0.717) is 17.9 Å². The molecule has 0 unspecified atom stereocenters. The van der Waals surface area contributed by atoms with Crippen molar-refractivity contribution in [3.63, 3.8) is 0 Å². The van der Waals surface area contributed by atoms with E-state index in [1.54, 1.807) is 0 Å². The highest BCUT2D eigenvalue weighted by Gasteiger charge is 2.29. The van der Waals surface area contributed by atoms with Gasteiger partial charge in [0.1, 0.15) is 16.6 Å². The number of hydrogen-bond donors (Lipinski definition) is 1. The van der Waals surface area contributed by atoms with Crippen molar-refractivity contribution >= 4 is 33.5 Å². The number of anilines is 2. The number of hydrogen-bond acceptors (Lipinski definition) is 8. The standard InChI is InChI=1S/C26H30N6O2S/c1-18-17-23(35-30-18)28-26-27-22-11-12-32(20-5-3-2-4-6-20)24(22)25(29-26)34-21-9-7-19(8-10-21)31-13-15-33-16-14-31/h2-6,11-12,17,19,21H,7-10,13-16H2,1H3,(H,27,28,29)/t19-,21-. The van der Waals surface area contributed by atoms with Crippen LogP contribution in [0.2, 0.25) is 0 Å². The fourth-order valence-electron chi connectivity index (χ4n) is 5.12. The number of rotatable bonds is 6. The van der Waals surface area contributed by atoms with Crippen LogP contribution in [0.4, 0.5) is 10.9 Å². The van der Waals surface area contributed by atoms with Gasteiger partial charge in [-0.3, -0.25) is 4.90 Å². The molecule has 4 aromatic rings. The minimum atomic E-state index is 0.142. The van der Waals surface area contributed by atoms with Gasteiger partial charge in [-0.2, -0.15) is 9.36 Å². The number of para-hydroxylation sites is 1. The number of ether oxygens (including phenoxy) is 2. The van der Waals surface area contributed by atoms with Crippen LogP contribution in [0.1, 0.15) is 31.4 Å². The van der Waals surface area contributed by atoms with Crippen molar-refractivity contribution in [2.24, 2.45) is 0 Å². The summed E-state index contributed by atoms with van der Waals surface area (Å²) >= 11 is 1.41. The van der Waals surface area contributed by atoms with Crippen LogP contribution in [0.5, 0.6) is 5.88 Å². The Labute approximate surface area is 209 Å². The molecule has 1 saturated heterocycles. The third-order valence-corrected chi connectivity index (χ3v) is 7.68.